The van der Waals surface area contributed by atoms with Crippen LogP contribution in [0.4, 0.5) is 10.1 Å². The molecule has 2 aromatic rings. The summed E-state index contributed by atoms with van der Waals surface area (Å²) in [4.78, 5) is 27.0. The van der Waals surface area contributed by atoms with Gasteiger partial charge in [-0.05, 0) is 49.7 Å². The van der Waals surface area contributed by atoms with Gasteiger partial charge in [-0.15, -0.1) is 0 Å². The maximum Gasteiger partial charge on any atom is 0.244 e. The quantitative estimate of drug-likeness (QED) is 0.567. The Hall–Kier alpha value is -2.36. The van der Waals surface area contributed by atoms with Gasteiger partial charge in [-0.1, -0.05) is 35.3 Å². The molecule has 0 unspecified atom stereocenters. The Labute approximate surface area is 197 Å². The molecule has 0 bridgehead atoms. The van der Waals surface area contributed by atoms with Crippen LogP contribution in [0.2, 0.25) is 10.0 Å². The van der Waals surface area contributed by atoms with Crippen molar-refractivity contribution in [1.29, 1.82) is 0 Å². The van der Waals surface area contributed by atoms with Crippen molar-refractivity contribution >= 4 is 50.7 Å². The Balaban J connectivity index is 2.39. The van der Waals surface area contributed by atoms with Crippen LogP contribution in [0.15, 0.2) is 42.5 Å². The molecule has 174 valence electrons. The number of benzene rings is 2. The molecule has 1 atom stereocenters. The molecule has 11 heteroatoms. The van der Waals surface area contributed by atoms with Crippen LogP contribution in [-0.4, -0.2) is 50.5 Å². The molecule has 7 nitrogen and oxygen atoms in total. The van der Waals surface area contributed by atoms with E-state index >= 15 is 0 Å². The molecule has 0 saturated carbocycles. The number of hydrogen-bond donors (Lipinski definition) is 1. The number of sulfonamides is 1. The molecular weight excluding hydrogens is 480 g/mol. The fraction of sp³-hybridized carbons (Fsp3) is 0.333. The zero-order chi connectivity index (χ0) is 24.1. The number of hydrogen-bond acceptors (Lipinski definition) is 4. The number of carbonyl (C=O) groups is 2. The van der Waals surface area contributed by atoms with Crippen LogP contribution in [0.1, 0.15) is 19.4 Å². The molecule has 2 rings (SSSR count). The van der Waals surface area contributed by atoms with Crippen LogP contribution >= 0.6 is 23.2 Å². The predicted molar refractivity (Wildman–Crippen MR) is 124 cm³/mol. The lowest BCUT2D eigenvalue weighted by atomic mass is 10.1. The van der Waals surface area contributed by atoms with Crippen molar-refractivity contribution in [3.63, 3.8) is 0 Å². The third-order valence-electron chi connectivity index (χ3n) is 4.65. The summed E-state index contributed by atoms with van der Waals surface area (Å²) in [6, 6.07) is 9.20. The zero-order valence-electron chi connectivity index (χ0n) is 17.8. The lowest BCUT2D eigenvalue weighted by molar-refractivity contribution is -0.139. The van der Waals surface area contributed by atoms with Crippen molar-refractivity contribution in [3.8, 4) is 0 Å². The standard InChI is InChI=1S/C21H24Cl2FN3O4S/c1-4-25-21(29)14(2)26(12-15-5-7-16(22)8-6-15)20(28)13-27(32(3,30)31)17-9-10-19(24)18(23)11-17/h5-11,14H,4,12-13H2,1-3H3,(H,25,29)/t14-/m1/s1. The third-order valence-corrected chi connectivity index (χ3v) is 6.34. The summed E-state index contributed by atoms with van der Waals surface area (Å²) in [6.07, 6.45) is 0.925. The molecular formula is C21H24Cl2FN3O4S. The van der Waals surface area contributed by atoms with E-state index in [2.05, 4.69) is 5.32 Å². The van der Waals surface area contributed by atoms with E-state index < -0.39 is 34.3 Å². The normalized spacial score (nSPS) is 12.2. The summed E-state index contributed by atoms with van der Waals surface area (Å²) in [5, 5.41) is 2.89. The first-order chi connectivity index (χ1) is 14.9. The predicted octanol–water partition coefficient (Wildman–Crippen LogP) is 3.45. The topological polar surface area (TPSA) is 86.8 Å². The molecule has 0 aliphatic carbocycles. The van der Waals surface area contributed by atoms with Crippen molar-refractivity contribution in [2.24, 2.45) is 0 Å². The molecule has 0 radical (unpaired) electrons. The van der Waals surface area contributed by atoms with E-state index in [0.717, 1.165) is 22.7 Å². The Morgan fingerprint density at radius 3 is 2.28 bits per heavy atom. The van der Waals surface area contributed by atoms with E-state index in [9.17, 15) is 22.4 Å². The fourth-order valence-corrected chi connectivity index (χ4v) is 4.09. The SMILES string of the molecule is CCNC(=O)[C@@H](C)N(Cc1ccc(Cl)cc1)C(=O)CN(c1ccc(F)c(Cl)c1)S(C)(=O)=O. The number of nitrogens with zero attached hydrogens (tertiary/aromatic N) is 2. The van der Waals surface area contributed by atoms with E-state index in [1.165, 1.54) is 11.0 Å². The first-order valence-corrected chi connectivity index (χ1v) is 12.3. The van der Waals surface area contributed by atoms with Gasteiger partial charge in [-0.25, -0.2) is 12.8 Å². The molecule has 0 aliphatic rings. The highest BCUT2D eigenvalue weighted by Gasteiger charge is 2.30. The number of amides is 2. The Morgan fingerprint density at radius 2 is 1.75 bits per heavy atom. The number of rotatable bonds is 9. The maximum absolute atomic E-state index is 13.6. The second-order valence-electron chi connectivity index (χ2n) is 7.09. The average Bonchev–Trinajstić information content (AvgIpc) is 2.72. The van der Waals surface area contributed by atoms with Crippen LogP contribution in [0.5, 0.6) is 0 Å². The highest BCUT2D eigenvalue weighted by atomic mass is 35.5. The molecule has 0 saturated heterocycles. The lowest BCUT2D eigenvalue weighted by Crippen LogP contribution is -2.51. The first kappa shape index (κ1) is 25.9. The largest absolute Gasteiger partial charge is 0.355 e. The van der Waals surface area contributed by atoms with Gasteiger partial charge < -0.3 is 10.2 Å². The molecule has 0 aromatic heterocycles. The van der Waals surface area contributed by atoms with Gasteiger partial charge in [-0.3, -0.25) is 13.9 Å². The summed E-state index contributed by atoms with van der Waals surface area (Å²) in [5.41, 5.74) is 0.735. The van der Waals surface area contributed by atoms with Gasteiger partial charge in [0.15, 0.2) is 0 Å². The number of likely N-dealkylation sites (N-methyl/N-ethyl adjacent to an activating group) is 1. The van der Waals surface area contributed by atoms with E-state index in [1.54, 1.807) is 38.1 Å². The van der Waals surface area contributed by atoms with Crippen LogP contribution in [0.25, 0.3) is 0 Å². The van der Waals surface area contributed by atoms with Gasteiger partial charge in [0.2, 0.25) is 21.8 Å². The van der Waals surface area contributed by atoms with Crippen molar-refractivity contribution in [2.75, 3.05) is 23.7 Å². The summed E-state index contributed by atoms with van der Waals surface area (Å²) in [7, 11) is -3.92. The second kappa shape index (κ2) is 11.0. The molecule has 1 N–H and O–H groups in total. The van der Waals surface area contributed by atoms with Crippen LogP contribution in [0.3, 0.4) is 0 Å². The van der Waals surface area contributed by atoms with E-state index in [4.69, 9.17) is 23.2 Å². The van der Waals surface area contributed by atoms with Crippen molar-refractivity contribution in [3.05, 3.63) is 63.9 Å². The number of carbonyl (C=O) groups excluding carboxylic acids is 2. The minimum atomic E-state index is -3.92. The minimum Gasteiger partial charge on any atom is -0.355 e. The summed E-state index contributed by atoms with van der Waals surface area (Å²) in [6.45, 7) is 3.13. The van der Waals surface area contributed by atoms with Crippen LogP contribution in [0, 0.1) is 5.82 Å². The molecule has 32 heavy (non-hydrogen) atoms. The molecule has 0 aliphatic heterocycles. The Bertz CT molecular complexity index is 1080. The maximum atomic E-state index is 13.6. The van der Waals surface area contributed by atoms with Gasteiger partial charge in [0.25, 0.3) is 0 Å². The van der Waals surface area contributed by atoms with E-state index in [0.29, 0.717) is 17.1 Å². The van der Waals surface area contributed by atoms with Crippen LogP contribution < -0.4 is 9.62 Å². The molecule has 2 amide bonds. The smallest absolute Gasteiger partial charge is 0.244 e. The highest BCUT2D eigenvalue weighted by Crippen LogP contribution is 2.25. The van der Waals surface area contributed by atoms with Gasteiger partial charge in [-0.2, -0.15) is 0 Å². The molecule has 0 fully saturated rings. The third kappa shape index (κ3) is 6.82. The van der Waals surface area contributed by atoms with Gasteiger partial charge in [0.05, 0.1) is 17.0 Å². The number of nitrogens with one attached hydrogen (secondary N) is 1. The monoisotopic (exact) mass is 503 g/mol. The Kier molecular flexibility index (Phi) is 8.89. The lowest BCUT2D eigenvalue weighted by Gasteiger charge is -2.31. The highest BCUT2D eigenvalue weighted by molar-refractivity contribution is 7.92. The number of anilines is 1. The zero-order valence-corrected chi connectivity index (χ0v) is 20.1. The van der Waals surface area contributed by atoms with Crippen LogP contribution in [-0.2, 0) is 26.2 Å². The van der Waals surface area contributed by atoms with Gasteiger partial charge in [0.1, 0.15) is 18.4 Å². The van der Waals surface area contributed by atoms with Crippen molar-refractivity contribution in [2.45, 2.75) is 26.4 Å². The minimum absolute atomic E-state index is 0.0318. The average molecular weight is 504 g/mol. The first-order valence-electron chi connectivity index (χ1n) is 9.68. The summed E-state index contributed by atoms with van der Waals surface area (Å²) in [5.74, 6) is -1.72. The van der Waals surface area contributed by atoms with Gasteiger partial charge >= 0.3 is 0 Å². The second-order valence-corrected chi connectivity index (χ2v) is 9.84. The molecule has 2 aromatic carbocycles. The van der Waals surface area contributed by atoms with Crippen molar-refractivity contribution < 1.29 is 22.4 Å². The van der Waals surface area contributed by atoms with Crippen molar-refractivity contribution in [1.82, 2.24) is 10.2 Å². The van der Waals surface area contributed by atoms with E-state index in [-0.39, 0.29) is 23.2 Å². The van der Waals surface area contributed by atoms with E-state index in [1.807, 2.05) is 0 Å². The number of halogens is 3. The Morgan fingerprint density at radius 1 is 1.12 bits per heavy atom. The van der Waals surface area contributed by atoms with Gasteiger partial charge in [0, 0.05) is 18.1 Å². The fourth-order valence-electron chi connectivity index (χ4n) is 2.94. The summed E-state index contributed by atoms with van der Waals surface area (Å²) >= 11 is 11.7. The molecule has 0 spiro atoms. The molecule has 0 heterocycles. The summed E-state index contributed by atoms with van der Waals surface area (Å²) < 4.78 is 39.2.